The van der Waals surface area contributed by atoms with Crippen molar-refractivity contribution in [2.24, 2.45) is 5.92 Å². The van der Waals surface area contributed by atoms with Crippen LogP contribution in [0.2, 0.25) is 0 Å². The topological polar surface area (TPSA) is 17.1 Å². The van der Waals surface area contributed by atoms with Crippen LogP contribution in [0.3, 0.4) is 0 Å². The quantitative estimate of drug-likeness (QED) is 0.659. The van der Waals surface area contributed by atoms with Gasteiger partial charge in [0.2, 0.25) is 0 Å². The number of benzene rings is 1. The van der Waals surface area contributed by atoms with E-state index >= 15 is 0 Å². The van der Waals surface area contributed by atoms with Crippen molar-refractivity contribution < 1.29 is 4.79 Å². The van der Waals surface area contributed by atoms with Gasteiger partial charge in [0.15, 0.2) is 0 Å². The first-order chi connectivity index (χ1) is 6.73. The van der Waals surface area contributed by atoms with Gasteiger partial charge in [0.25, 0.3) is 0 Å². The fraction of sp³-hybridized carbons (Fsp3) is 0.462. The summed E-state index contributed by atoms with van der Waals surface area (Å²) in [6.07, 6.45) is 3.03. The van der Waals surface area contributed by atoms with Gasteiger partial charge < -0.3 is 0 Å². The molecule has 0 heterocycles. The van der Waals surface area contributed by atoms with Crippen LogP contribution in [0.25, 0.3) is 0 Å². The first kappa shape index (κ1) is 8.22. The standard InChI is InChI=1S/C13H14O/c1-9-2-4-10(5-3-9)13-8-11(13)6-7-12(13)14/h2-5,11H,6-8H2,1H3. The van der Waals surface area contributed by atoms with Gasteiger partial charge >= 0.3 is 0 Å². The summed E-state index contributed by atoms with van der Waals surface area (Å²) in [5.41, 5.74) is 2.50. The van der Waals surface area contributed by atoms with Gasteiger partial charge in [-0.05, 0) is 31.2 Å². The molecule has 2 atom stereocenters. The summed E-state index contributed by atoms with van der Waals surface area (Å²) in [4.78, 5) is 11.8. The first-order valence-electron chi connectivity index (χ1n) is 5.34. The lowest BCUT2D eigenvalue weighted by Crippen LogP contribution is -2.17. The average molecular weight is 186 g/mol. The molecule has 1 heteroatoms. The molecule has 0 aliphatic heterocycles. The lowest BCUT2D eigenvalue weighted by atomic mass is 9.92. The summed E-state index contributed by atoms with van der Waals surface area (Å²) >= 11 is 0. The Morgan fingerprint density at radius 3 is 2.50 bits per heavy atom. The smallest absolute Gasteiger partial charge is 0.143 e. The summed E-state index contributed by atoms with van der Waals surface area (Å²) in [5.74, 6) is 1.14. The van der Waals surface area contributed by atoms with Crippen LogP contribution in [-0.4, -0.2) is 5.78 Å². The average Bonchev–Trinajstić information content (AvgIpc) is 2.84. The molecule has 2 unspecified atom stereocenters. The molecular formula is C13H14O. The highest BCUT2D eigenvalue weighted by atomic mass is 16.1. The summed E-state index contributed by atoms with van der Waals surface area (Å²) in [7, 11) is 0. The zero-order valence-corrected chi connectivity index (χ0v) is 8.42. The van der Waals surface area contributed by atoms with Crippen LogP contribution in [0.15, 0.2) is 24.3 Å². The predicted octanol–water partition coefficient (Wildman–Crippen LogP) is 2.62. The molecule has 0 bridgehead atoms. The van der Waals surface area contributed by atoms with Crippen molar-refractivity contribution in [2.75, 3.05) is 0 Å². The predicted molar refractivity (Wildman–Crippen MR) is 55.2 cm³/mol. The normalized spacial score (nSPS) is 34.4. The number of hydrogen-bond donors (Lipinski definition) is 0. The number of rotatable bonds is 1. The summed E-state index contributed by atoms with van der Waals surface area (Å²) in [5, 5.41) is 0. The molecule has 1 aromatic rings. The van der Waals surface area contributed by atoms with Gasteiger partial charge in [-0.25, -0.2) is 0 Å². The fourth-order valence-corrected chi connectivity index (χ4v) is 2.91. The zero-order chi connectivity index (χ0) is 9.76. The van der Waals surface area contributed by atoms with Gasteiger partial charge in [0, 0.05) is 6.42 Å². The van der Waals surface area contributed by atoms with Gasteiger partial charge in [-0.2, -0.15) is 0 Å². The Hall–Kier alpha value is -1.11. The maximum atomic E-state index is 11.8. The van der Waals surface area contributed by atoms with Crippen LogP contribution in [0.1, 0.15) is 30.4 Å². The number of hydrogen-bond acceptors (Lipinski definition) is 1. The van der Waals surface area contributed by atoms with E-state index in [1.165, 1.54) is 11.1 Å². The molecule has 2 fully saturated rings. The van der Waals surface area contributed by atoms with Gasteiger partial charge in [-0.1, -0.05) is 29.8 Å². The molecule has 0 radical (unpaired) electrons. The van der Waals surface area contributed by atoms with Crippen molar-refractivity contribution >= 4 is 5.78 Å². The maximum absolute atomic E-state index is 11.8. The van der Waals surface area contributed by atoms with Gasteiger partial charge in [-0.3, -0.25) is 4.79 Å². The Kier molecular flexibility index (Phi) is 1.45. The lowest BCUT2D eigenvalue weighted by molar-refractivity contribution is -0.120. The van der Waals surface area contributed by atoms with Crippen molar-refractivity contribution in [3.05, 3.63) is 35.4 Å². The molecule has 3 rings (SSSR count). The molecule has 14 heavy (non-hydrogen) atoms. The van der Waals surface area contributed by atoms with E-state index < -0.39 is 0 Å². The monoisotopic (exact) mass is 186 g/mol. The number of Topliss-reactive ketones (excluding diaryl/α,β-unsaturated/α-hetero) is 1. The Balaban J connectivity index is 2.04. The minimum atomic E-state index is -0.0340. The highest BCUT2D eigenvalue weighted by Crippen LogP contribution is 2.62. The minimum Gasteiger partial charge on any atom is -0.299 e. The van der Waals surface area contributed by atoms with Crippen molar-refractivity contribution in [2.45, 2.75) is 31.6 Å². The Morgan fingerprint density at radius 2 is 2.00 bits per heavy atom. The van der Waals surface area contributed by atoms with E-state index in [1.54, 1.807) is 0 Å². The fourth-order valence-electron chi connectivity index (χ4n) is 2.91. The second-order valence-corrected chi connectivity index (χ2v) is 4.70. The first-order valence-corrected chi connectivity index (χ1v) is 5.34. The van der Waals surface area contributed by atoms with E-state index in [9.17, 15) is 4.79 Å². The third kappa shape index (κ3) is 0.875. The number of carbonyl (C=O) groups is 1. The molecule has 0 saturated heterocycles. The zero-order valence-electron chi connectivity index (χ0n) is 8.42. The van der Waals surface area contributed by atoms with Crippen molar-refractivity contribution in [1.82, 2.24) is 0 Å². The SMILES string of the molecule is Cc1ccc(C23CC2CCC3=O)cc1. The molecule has 1 nitrogen and oxygen atoms in total. The largest absolute Gasteiger partial charge is 0.299 e. The van der Waals surface area contributed by atoms with Crippen LogP contribution in [0, 0.1) is 12.8 Å². The van der Waals surface area contributed by atoms with E-state index in [1.807, 2.05) is 0 Å². The molecule has 2 aliphatic rings. The van der Waals surface area contributed by atoms with Crippen LogP contribution < -0.4 is 0 Å². The van der Waals surface area contributed by atoms with E-state index in [2.05, 4.69) is 31.2 Å². The van der Waals surface area contributed by atoms with Crippen molar-refractivity contribution in [1.29, 1.82) is 0 Å². The number of carbonyl (C=O) groups excluding carboxylic acids is 1. The number of aryl methyl sites for hydroxylation is 1. The molecule has 0 N–H and O–H groups in total. The second kappa shape index (κ2) is 2.47. The summed E-state index contributed by atoms with van der Waals surface area (Å²) < 4.78 is 0. The van der Waals surface area contributed by atoms with E-state index in [0.29, 0.717) is 11.7 Å². The third-order valence-corrected chi connectivity index (χ3v) is 3.89. The molecule has 2 aliphatic carbocycles. The highest BCUT2D eigenvalue weighted by Gasteiger charge is 2.63. The lowest BCUT2D eigenvalue weighted by Gasteiger charge is -2.11. The summed E-state index contributed by atoms with van der Waals surface area (Å²) in [6, 6.07) is 8.51. The molecule has 0 amide bonds. The Labute approximate surface area is 84.1 Å². The van der Waals surface area contributed by atoms with E-state index in [4.69, 9.17) is 0 Å². The Morgan fingerprint density at radius 1 is 1.29 bits per heavy atom. The van der Waals surface area contributed by atoms with Crippen LogP contribution in [0.4, 0.5) is 0 Å². The maximum Gasteiger partial charge on any atom is 0.143 e. The molecule has 1 aromatic carbocycles. The summed E-state index contributed by atoms with van der Waals surface area (Å²) in [6.45, 7) is 2.09. The van der Waals surface area contributed by atoms with Crippen molar-refractivity contribution in [3.63, 3.8) is 0 Å². The van der Waals surface area contributed by atoms with Crippen LogP contribution in [-0.2, 0) is 10.2 Å². The second-order valence-electron chi connectivity index (χ2n) is 4.70. The number of ketones is 1. The molecule has 0 aromatic heterocycles. The van der Waals surface area contributed by atoms with Gasteiger partial charge in [0.1, 0.15) is 5.78 Å². The Bertz CT molecular complexity index is 390. The molecule has 72 valence electrons. The van der Waals surface area contributed by atoms with Gasteiger partial charge in [0.05, 0.1) is 5.41 Å². The van der Waals surface area contributed by atoms with Crippen LogP contribution >= 0.6 is 0 Å². The van der Waals surface area contributed by atoms with Crippen molar-refractivity contribution in [3.8, 4) is 0 Å². The molecular weight excluding hydrogens is 172 g/mol. The van der Waals surface area contributed by atoms with Gasteiger partial charge in [-0.15, -0.1) is 0 Å². The molecule has 0 spiro atoms. The number of fused-ring (bicyclic) bond motifs is 1. The minimum absolute atomic E-state index is 0.0340. The highest BCUT2D eigenvalue weighted by molar-refractivity contribution is 5.96. The van der Waals surface area contributed by atoms with E-state index in [-0.39, 0.29) is 5.41 Å². The molecule has 2 saturated carbocycles. The van der Waals surface area contributed by atoms with E-state index in [0.717, 1.165) is 19.3 Å². The van der Waals surface area contributed by atoms with Crippen LogP contribution in [0.5, 0.6) is 0 Å². The third-order valence-electron chi connectivity index (χ3n) is 3.89.